The zero-order chi connectivity index (χ0) is 10.3. The lowest BCUT2D eigenvalue weighted by atomic mass is 9.85. The molecule has 0 aliphatic heterocycles. The molecule has 1 aliphatic rings. The van der Waals surface area contributed by atoms with Crippen molar-refractivity contribution in [1.29, 1.82) is 0 Å². The molecule has 2 heteroatoms. The van der Waals surface area contributed by atoms with Crippen molar-refractivity contribution in [3.05, 3.63) is 35.1 Å². The molecule has 1 aromatic carbocycles. The van der Waals surface area contributed by atoms with Crippen LogP contribution in [0.25, 0.3) is 0 Å². The Morgan fingerprint density at radius 3 is 2.79 bits per heavy atom. The van der Waals surface area contributed by atoms with Gasteiger partial charge in [0.25, 0.3) is 0 Å². The number of hydrogen-bond donors (Lipinski definition) is 1. The van der Waals surface area contributed by atoms with Gasteiger partial charge in [0.2, 0.25) is 0 Å². The second kappa shape index (κ2) is 3.06. The fourth-order valence-electron chi connectivity index (χ4n) is 2.56. The van der Waals surface area contributed by atoms with E-state index in [4.69, 9.17) is 0 Å². The minimum absolute atomic E-state index is 0.0617. The zero-order valence-corrected chi connectivity index (χ0v) is 8.89. The van der Waals surface area contributed by atoms with Crippen LogP contribution in [0.1, 0.15) is 31.0 Å². The van der Waals surface area contributed by atoms with Gasteiger partial charge in [-0.05, 0) is 36.1 Å². The summed E-state index contributed by atoms with van der Waals surface area (Å²) >= 11 is 0. The molecule has 0 bridgehead atoms. The molecule has 0 fully saturated rings. The number of fused-ring (bicyclic) bond motifs is 1. The van der Waals surface area contributed by atoms with Gasteiger partial charge in [-0.25, -0.2) is 4.39 Å². The summed E-state index contributed by atoms with van der Waals surface area (Å²) in [5.41, 5.74) is 2.12. The van der Waals surface area contributed by atoms with Gasteiger partial charge in [-0.1, -0.05) is 26.0 Å². The van der Waals surface area contributed by atoms with Crippen molar-refractivity contribution < 1.29 is 4.39 Å². The first kappa shape index (κ1) is 9.66. The van der Waals surface area contributed by atoms with Crippen LogP contribution in [0.5, 0.6) is 0 Å². The molecule has 1 unspecified atom stereocenters. The molecule has 0 spiro atoms. The summed E-state index contributed by atoms with van der Waals surface area (Å²) in [4.78, 5) is 0. The van der Waals surface area contributed by atoms with E-state index in [0.29, 0.717) is 0 Å². The van der Waals surface area contributed by atoms with Crippen LogP contribution in [-0.4, -0.2) is 7.05 Å². The van der Waals surface area contributed by atoms with E-state index in [1.165, 1.54) is 0 Å². The van der Waals surface area contributed by atoms with E-state index in [0.717, 1.165) is 17.5 Å². The fourth-order valence-corrected chi connectivity index (χ4v) is 2.56. The molecule has 0 heterocycles. The molecule has 76 valence electrons. The first-order valence-corrected chi connectivity index (χ1v) is 5.01. The lowest BCUT2D eigenvalue weighted by Gasteiger charge is -2.26. The Morgan fingerprint density at radius 2 is 2.14 bits per heavy atom. The molecule has 1 aromatic rings. The van der Waals surface area contributed by atoms with Crippen LogP contribution in [-0.2, 0) is 6.42 Å². The zero-order valence-electron chi connectivity index (χ0n) is 8.89. The quantitative estimate of drug-likeness (QED) is 0.723. The van der Waals surface area contributed by atoms with Gasteiger partial charge >= 0.3 is 0 Å². The second-order valence-corrected chi connectivity index (χ2v) is 4.69. The summed E-state index contributed by atoms with van der Waals surface area (Å²) < 4.78 is 13.5. The molecule has 0 saturated heterocycles. The molecule has 0 amide bonds. The number of nitrogens with one attached hydrogen (secondary N) is 1. The highest BCUT2D eigenvalue weighted by Crippen LogP contribution is 2.45. The monoisotopic (exact) mass is 193 g/mol. The third-order valence-corrected chi connectivity index (χ3v) is 3.17. The van der Waals surface area contributed by atoms with Crippen molar-refractivity contribution in [3.63, 3.8) is 0 Å². The minimum Gasteiger partial charge on any atom is -0.313 e. The first-order valence-electron chi connectivity index (χ1n) is 5.01. The Bertz CT molecular complexity index is 357. The van der Waals surface area contributed by atoms with Crippen LogP contribution < -0.4 is 5.32 Å². The predicted octanol–water partition coefficient (Wildman–Crippen LogP) is 2.67. The lowest BCUT2D eigenvalue weighted by molar-refractivity contribution is 0.282. The summed E-state index contributed by atoms with van der Waals surface area (Å²) in [5, 5.41) is 3.27. The molecule has 0 aromatic heterocycles. The molecule has 1 aliphatic carbocycles. The van der Waals surface area contributed by atoms with Gasteiger partial charge in [-0.3, -0.25) is 0 Å². The standard InChI is InChI=1S/C12H16FN/c1-12(2)7-9-8(11(12)14-3)5-4-6-10(9)13/h4-6,11,14H,7H2,1-3H3. The summed E-state index contributed by atoms with van der Waals surface area (Å²) in [6, 6.07) is 5.63. The SMILES string of the molecule is CNC1c2cccc(F)c2CC1(C)C. The molecule has 1 nitrogen and oxygen atoms in total. The molecule has 2 rings (SSSR count). The molecular formula is C12H16FN. The topological polar surface area (TPSA) is 12.0 Å². The van der Waals surface area contributed by atoms with Crippen LogP contribution in [0.4, 0.5) is 4.39 Å². The third-order valence-electron chi connectivity index (χ3n) is 3.17. The smallest absolute Gasteiger partial charge is 0.126 e. The summed E-state index contributed by atoms with van der Waals surface area (Å²) in [7, 11) is 1.94. The third kappa shape index (κ3) is 1.25. The lowest BCUT2D eigenvalue weighted by Crippen LogP contribution is -2.28. The largest absolute Gasteiger partial charge is 0.313 e. The van der Waals surface area contributed by atoms with Crippen molar-refractivity contribution >= 4 is 0 Å². The minimum atomic E-state index is -0.0617. The van der Waals surface area contributed by atoms with Crippen molar-refractivity contribution in [2.45, 2.75) is 26.3 Å². The van der Waals surface area contributed by atoms with Crippen LogP contribution in [0.3, 0.4) is 0 Å². The first-order chi connectivity index (χ1) is 6.56. The van der Waals surface area contributed by atoms with Gasteiger partial charge in [-0.15, -0.1) is 0 Å². The van der Waals surface area contributed by atoms with Crippen LogP contribution in [0.2, 0.25) is 0 Å². The average molecular weight is 193 g/mol. The van der Waals surface area contributed by atoms with Gasteiger partial charge in [0.05, 0.1) is 0 Å². The number of rotatable bonds is 1. The van der Waals surface area contributed by atoms with Crippen molar-refractivity contribution in [2.75, 3.05) is 7.05 Å². The van der Waals surface area contributed by atoms with Gasteiger partial charge in [-0.2, -0.15) is 0 Å². The number of benzene rings is 1. The van der Waals surface area contributed by atoms with E-state index in [2.05, 4.69) is 19.2 Å². The van der Waals surface area contributed by atoms with E-state index in [9.17, 15) is 4.39 Å². The Labute approximate surface area is 84.3 Å². The Morgan fingerprint density at radius 1 is 1.43 bits per heavy atom. The van der Waals surface area contributed by atoms with Crippen molar-refractivity contribution in [1.82, 2.24) is 5.32 Å². The molecule has 14 heavy (non-hydrogen) atoms. The summed E-state index contributed by atoms with van der Waals surface area (Å²) in [5.74, 6) is -0.0617. The number of hydrogen-bond acceptors (Lipinski definition) is 1. The van der Waals surface area contributed by atoms with E-state index < -0.39 is 0 Å². The average Bonchev–Trinajstić information content (AvgIpc) is 2.37. The maximum atomic E-state index is 13.5. The van der Waals surface area contributed by atoms with Gasteiger partial charge < -0.3 is 5.32 Å². The van der Waals surface area contributed by atoms with Crippen LogP contribution in [0.15, 0.2) is 18.2 Å². The highest BCUT2D eigenvalue weighted by atomic mass is 19.1. The van der Waals surface area contributed by atoms with Crippen LogP contribution >= 0.6 is 0 Å². The Hall–Kier alpha value is -0.890. The normalized spacial score (nSPS) is 23.6. The second-order valence-electron chi connectivity index (χ2n) is 4.69. The number of halogens is 1. The predicted molar refractivity (Wildman–Crippen MR) is 55.7 cm³/mol. The molecule has 0 radical (unpaired) electrons. The Kier molecular flexibility index (Phi) is 2.11. The molecule has 0 saturated carbocycles. The van der Waals surface area contributed by atoms with Gasteiger partial charge in [0.1, 0.15) is 5.82 Å². The summed E-state index contributed by atoms with van der Waals surface area (Å²) in [6.45, 7) is 4.35. The molecule has 1 N–H and O–H groups in total. The van der Waals surface area contributed by atoms with E-state index >= 15 is 0 Å². The molecular weight excluding hydrogens is 177 g/mol. The maximum absolute atomic E-state index is 13.5. The molecule has 1 atom stereocenters. The van der Waals surface area contributed by atoms with E-state index in [1.807, 2.05) is 13.1 Å². The maximum Gasteiger partial charge on any atom is 0.126 e. The van der Waals surface area contributed by atoms with Crippen molar-refractivity contribution in [2.24, 2.45) is 5.41 Å². The van der Waals surface area contributed by atoms with E-state index in [-0.39, 0.29) is 17.3 Å². The fraction of sp³-hybridized carbons (Fsp3) is 0.500. The van der Waals surface area contributed by atoms with Crippen LogP contribution in [0, 0.1) is 11.2 Å². The van der Waals surface area contributed by atoms with Crippen molar-refractivity contribution in [3.8, 4) is 0 Å². The highest BCUT2D eigenvalue weighted by Gasteiger charge is 2.39. The highest BCUT2D eigenvalue weighted by molar-refractivity contribution is 5.38. The Balaban J connectivity index is 2.53. The summed E-state index contributed by atoms with van der Waals surface area (Å²) in [6.07, 6.45) is 0.820. The van der Waals surface area contributed by atoms with Gasteiger partial charge in [0.15, 0.2) is 0 Å². The van der Waals surface area contributed by atoms with Gasteiger partial charge in [0, 0.05) is 6.04 Å². The van der Waals surface area contributed by atoms with E-state index in [1.54, 1.807) is 12.1 Å².